The molecule has 150 valence electrons. The summed E-state index contributed by atoms with van der Waals surface area (Å²) in [6.45, 7) is 0. The van der Waals surface area contributed by atoms with Crippen LogP contribution in [0.1, 0.15) is 22.3 Å². The molecule has 0 bridgehead atoms. The highest BCUT2D eigenvalue weighted by Gasteiger charge is 2.02. The highest BCUT2D eigenvalue weighted by atomic mass is 16.2. The van der Waals surface area contributed by atoms with Gasteiger partial charge >= 0.3 is 0 Å². The summed E-state index contributed by atoms with van der Waals surface area (Å²) in [5.41, 5.74) is 8.50. The average Bonchev–Trinajstić information content (AvgIpc) is 2.75. The Morgan fingerprint density at radius 3 is 1.50 bits per heavy atom. The number of rotatable bonds is 8. The summed E-state index contributed by atoms with van der Waals surface area (Å²) >= 11 is 0. The Balaban J connectivity index is 1.47. The monoisotopic (exact) mass is 398 g/mol. The lowest BCUT2D eigenvalue weighted by Gasteiger charge is -2.01. The summed E-state index contributed by atoms with van der Waals surface area (Å²) < 4.78 is 0. The quantitative estimate of drug-likeness (QED) is 0.452. The van der Waals surface area contributed by atoms with Crippen molar-refractivity contribution in [1.29, 1.82) is 0 Å². The van der Waals surface area contributed by atoms with Crippen LogP contribution in [0.15, 0.2) is 95.1 Å². The largest absolute Gasteiger partial charge is 0.273 e. The fraction of sp³-hybridized carbons (Fsp3) is 0.0833. The lowest BCUT2D eigenvalue weighted by molar-refractivity contribution is -0.121. The van der Waals surface area contributed by atoms with Crippen LogP contribution in [0.25, 0.3) is 0 Å². The SMILES string of the molecule is O=C(Cc1ccccc1)N/N=C/c1cccc(/C=N/NC(=O)Cc2ccccc2)c1. The van der Waals surface area contributed by atoms with Crippen molar-refractivity contribution >= 4 is 24.2 Å². The van der Waals surface area contributed by atoms with Crippen LogP contribution in [0, 0.1) is 0 Å². The van der Waals surface area contributed by atoms with Gasteiger partial charge in [-0.2, -0.15) is 10.2 Å². The molecule has 0 aliphatic heterocycles. The summed E-state index contributed by atoms with van der Waals surface area (Å²) in [4.78, 5) is 23.8. The van der Waals surface area contributed by atoms with Crippen molar-refractivity contribution in [3.63, 3.8) is 0 Å². The van der Waals surface area contributed by atoms with Crippen molar-refractivity contribution in [2.75, 3.05) is 0 Å². The van der Waals surface area contributed by atoms with Crippen LogP contribution in [0.5, 0.6) is 0 Å². The molecule has 6 nitrogen and oxygen atoms in total. The number of hydrogen-bond acceptors (Lipinski definition) is 4. The predicted octanol–water partition coefficient (Wildman–Crippen LogP) is 3.07. The molecule has 3 aromatic rings. The van der Waals surface area contributed by atoms with E-state index in [0.717, 1.165) is 22.3 Å². The second kappa shape index (κ2) is 11.1. The van der Waals surface area contributed by atoms with E-state index in [1.54, 1.807) is 12.4 Å². The number of nitrogens with zero attached hydrogens (tertiary/aromatic N) is 2. The van der Waals surface area contributed by atoms with Crippen LogP contribution >= 0.6 is 0 Å². The van der Waals surface area contributed by atoms with E-state index in [2.05, 4.69) is 21.1 Å². The maximum atomic E-state index is 11.9. The molecule has 0 heterocycles. The third-order valence-electron chi connectivity index (χ3n) is 4.13. The number of amides is 2. The average molecular weight is 398 g/mol. The van der Waals surface area contributed by atoms with Gasteiger partial charge < -0.3 is 0 Å². The van der Waals surface area contributed by atoms with Crippen LogP contribution in [0.4, 0.5) is 0 Å². The normalized spacial score (nSPS) is 10.9. The molecular formula is C24H22N4O2. The van der Waals surface area contributed by atoms with Gasteiger partial charge in [-0.15, -0.1) is 0 Å². The number of nitrogens with one attached hydrogen (secondary N) is 2. The fourth-order valence-electron chi connectivity index (χ4n) is 2.72. The molecule has 0 unspecified atom stereocenters. The van der Waals surface area contributed by atoms with E-state index in [4.69, 9.17) is 0 Å². The van der Waals surface area contributed by atoms with Gasteiger partial charge in [0.25, 0.3) is 0 Å². The molecule has 0 saturated carbocycles. The van der Waals surface area contributed by atoms with E-state index in [-0.39, 0.29) is 24.7 Å². The molecule has 6 heteroatoms. The van der Waals surface area contributed by atoms with E-state index in [0.29, 0.717) is 0 Å². The lowest BCUT2D eigenvalue weighted by atomic mass is 10.1. The van der Waals surface area contributed by atoms with Crippen LogP contribution < -0.4 is 10.9 Å². The third-order valence-corrected chi connectivity index (χ3v) is 4.13. The highest BCUT2D eigenvalue weighted by molar-refractivity contribution is 5.88. The second-order valence-electron chi connectivity index (χ2n) is 6.58. The van der Waals surface area contributed by atoms with E-state index >= 15 is 0 Å². The standard InChI is InChI=1S/C24H22N4O2/c29-23(15-19-8-3-1-4-9-19)27-25-17-21-12-7-13-22(14-21)18-26-28-24(30)16-20-10-5-2-6-11-20/h1-14,17-18H,15-16H2,(H,27,29)(H,28,30)/b25-17+,26-18+. The maximum absolute atomic E-state index is 11.9. The minimum absolute atomic E-state index is 0.184. The molecule has 0 aromatic heterocycles. The van der Waals surface area contributed by atoms with Crippen molar-refractivity contribution < 1.29 is 9.59 Å². The first kappa shape index (κ1) is 20.7. The summed E-state index contributed by atoms with van der Waals surface area (Å²) in [5.74, 6) is -0.368. The number of hydrazone groups is 2. The molecule has 3 aromatic carbocycles. The number of benzene rings is 3. The Hall–Kier alpha value is -4.06. The minimum atomic E-state index is -0.184. The molecule has 3 rings (SSSR count). The van der Waals surface area contributed by atoms with Gasteiger partial charge in [0.15, 0.2) is 0 Å². The maximum Gasteiger partial charge on any atom is 0.244 e. The van der Waals surface area contributed by atoms with Gasteiger partial charge in [0.1, 0.15) is 0 Å². The highest BCUT2D eigenvalue weighted by Crippen LogP contribution is 2.02. The predicted molar refractivity (Wildman–Crippen MR) is 118 cm³/mol. The summed E-state index contributed by atoms with van der Waals surface area (Å²) in [6.07, 6.45) is 3.67. The topological polar surface area (TPSA) is 82.9 Å². The molecule has 0 saturated heterocycles. The summed E-state index contributed by atoms with van der Waals surface area (Å²) in [5, 5.41) is 7.99. The van der Waals surface area contributed by atoms with Gasteiger partial charge in [0, 0.05) is 0 Å². The van der Waals surface area contributed by atoms with E-state index < -0.39 is 0 Å². The number of carbonyl (C=O) groups is 2. The first-order valence-corrected chi connectivity index (χ1v) is 9.51. The van der Waals surface area contributed by atoms with Gasteiger partial charge in [-0.05, 0) is 28.3 Å². The Morgan fingerprint density at radius 1 is 0.633 bits per heavy atom. The smallest absolute Gasteiger partial charge is 0.244 e. The molecule has 0 atom stereocenters. The summed E-state index contributed by atoms with van der Waals surface area (Å²) in [6, 6.07) is 26.4. The van der Waals surface area contributed by atoms with Gasteiger partial charge in [0.05, 0.1) is 25.3 Å². The zero-order chi connectivity index (χ0) is 21.0. The molecule has 0 radical (unpaired) electrons. The van der Waals surface area contributed by atoms with Gasteiger partial charge in [-0.3, -0.25) is 9.59 Å². The fourth-order valence-corrected chi connectivity index (χ4v) is 2.72. The van der Waals surface area contributed by atoms with Gasteiger partial charge in [0.2, 0.25) is 11.8 Å². The van der Waals surface area contributed by atoms with E-state index in [9.17, 15) is 9.59 Å². The van der Waals surface area contributed by atoms with Crippen molar-refractivity contribution in [2.24, 2.45) is 10.2 Å². The van der Waals surface area contributed by atoms with Crippen LogP contribution in [-0.4, -0.2) is 24.2 Å². The Bertz CT molecular complexity index is 951. The van der Waals surface area contributed by atoms with Crippen molar-refractivity contribution in [3.05, 3.63) is 107 Å². The molecule has 0 aliphatic rings. The lowest BCUT2D eigenvalue weighted by Crippen LogP contribution is -2.19. The van der Waals surface area contributed by atoms with E-state index in [1.165, 1.54) is 0 Å². The molecular weight excluding hydrogens is 376 g/mol. The Morgan fingerprint density at radius 2 is 1.07 bits per heavy atom. The van der Waals surface area contributed by atoms with E-state index in [1.807, 2.05) is 84.9 Å². The van der Waals surface area contributed by atoms with Crippen molar-refractivity contribution in [1.82, 2.24) is 10.9 Å². The van der Waals surface area contributed by atoms with Gasteiger partial charge in [-0.25, -0.2) is 10.9 Å². The first-order chi connectivity index (χ1) is 14.7. The Kier molecular flexibility index (Phi) is 7.62. The molecule has 0 spiro atoms. The zero-order valence-electron chi connectivity index (χ0n) is 16.4. The Labute approximate surface area is 175 Å². The molecule has 2 amide bonds. The molecule has 0 fully saturated rings. The zero-order valence-corrected chi connectivity index (χ0v) is 16.4. The molecule has 0 aliphatic carbocycles. The van der Waals surface area contributed by atoms with Gasteiger partial charge in [-0.1, -0.05) is 78.9 Å². The second-order valence-corrected chi connectivity index (χ2v) is 6.58. The van der Waals surface area contributed by atoms with Crippen LogP contribution in [0.3, 0.4) is 0 Å². The van der Waals surface area contributed by atoms with Crippen molar-refractivity contribution in [3.8, 4) is 0 Å². The van der Waals surface area contributed by atoms with Crippen LogP contribution in [0.2, 0.25) is 0 Å². The third kappa shape index (κ3) is 7.16. The van der Waals surface area contributed by atoms with Crippen LogP contribution in [-0.2, 0) is 22.4 Å². The summed E-state index contributed by atoms with van der Waals surface area (Å²) in [7, 11) is 0. The number of hydrogen-bond donors (Lipinski definition) is 2. The molecule has 2 N–H and O–H groups in total. The molecule has 30 heavy (non-hydrogen) atoms. The first-order valence-electron chi connectivity index (χ1n) is 9.51. The van der Waals surface area contributed by atoms with Crippen molar-refractivity contribution in [2.45, 2.75) is 12.8 Å². The minimum Gasteiger partial charge on any atom is -0.273 e. The number of carbonyl (C=O) groups excluding carboxylic acids is 2.